The number of hydrogen-bond acceptors (Lipinski definition) is 5. The lowest BCUT2D eigenvalue weighted by Crippen LogP contribution is -2.31. The Morgan fingerprint density at radius 3 is 2.35 bits per heavy atom. The molecule has 0 saturated heterocycles. The van der Waals surface area contributed by atoms with Crippen molar-refractivity contribution >= 4 is 27.3 Å². The molecule has 0 unspecified atom stereocenters. The molecular formula is C25H26N4O3S2. The fraction of sp³-hybridized carbons (Fsp3) is 0.200. The number of nitrogens with one attached hydrogen (secondary N) is 2. The zero-order valence-electron chi connectivity index (χ0n) is 18.9. The van der Waals surface area contributed by atoms with E-state index >= 15 is 0 Å². The number of benzene rings is 2. The first-order valence-corrected chi connectivity index (χ1v) is 13.4. The van der Waals surface area contributed by atoms with Crippen LogP contribution < -0.4 is 10.0 Å². The van der Waals surface area contributed by atoms with Gasteiger partial charge in [-0.2, -0.15) is 5.10 Å². The van der Waals surface area contributed by atoms with Crippen molar-refractivity contribution in [2.24, 2.45) is 0 Å². The highest BCUT2D eigenvalue weighted by Crippen LogP contribution is 2.25. The summed E-state index contributed by atoms with van der Waals surface area (Å²) in [6.07, 6.45) is 0. The van der Waals surface area contributed by atoms with Crippen LogP contribution >= 0.6 is 11.3 Å². The molecule has 7 nitrogen and oxygen atoms in total. The number of thiophene rings is 1. The summed E-state index contributed by atoms with van der Waals surface area (Å²) in [5.74, 6) is -0.327. The summed E-state index contributed by atoms with van der Waals surface area (Å²) in [7, 11) is -3.38. The second kappa shape index (κ2) is 10.3. The molecule has 0 fully saturated rings. The van der Waals surface area contributed by atoms with Gasteiger partial charge in [-0.1, -0.05) is 48.5 Å². The van der Waals surface area contributed by atoms with E-state index in [1.165, 1.54) is 0 Å². The third-order valence-electron chi connectivity index (χ3n) is 4.96. The van der Waals surface area contributed by atoms with Gasteiger partial charge in [0.2, 0.25) is 10.0 Å². The Balaban J connectivity index is 1.48. The van der Waals surface area contributed by atoms with E-state index in [4.69, 9.17) is 0 Å². The molecule has 0 radical (unpaired) electrons. The van der Waals surface area contributed by atoms with Crippen molar-refractivity contribution in [2.75, 3.05) is 0 Å². The minimum absolute atomic E-state index is 0.0838. The maximum atomic E-state index is 13.1. The van der Waals surface area contributed by atoms with Crippen LogP contribution in [0.4, 0.5) is 0 Å². The quantitative estimate of drug-likeness (QED) is 0.362. The Kier molecular flexibility index (Phi) is 7.26. The van der Waals surface area contributed by atoms with Crippen LogP contribution in [0.25, 0.3) is 16.3 Å². The van der Waals surface area contributed by atoms with Gasteiger partial charge in [-0.05, 0) is 54.6 Å². The van der Waals surface area contributed by atoms with Crippen molar-refractivity contribution in [3.63, 3.8) is 0 Å². The highest BCUT2D eigenvalue weighted by Gasteiger charge is 2.18. The van der Waals surface area contributed by atoms with Crippen molar-refractivity contribution in [1.29, 1.82) is 0 Å². The highest BCUT2D eigenvalue weighted by atomic mass is 32.2. The summed E-state index contributed by atoms with van der Waals surface area (Å²) in [4.78, 5) is 14.1. The summed E-state index contributed by atoms with van der Waals surface area (Å²) in [6.45, 7) is 3.89. The van der Waals surface area contributed by atoms with Crippen LogP contribution in [-0.4, -0.2) is 30.1 Å². The summed E-state index contributed by atoms with van der Waals surface area (Å²) in [5, 5.41) is 9.60. The van der Waals surface area contributed by atoms with E-state index in [0.717, 1.165) is 21.8 Å². The second-order valence-electron chi connectivity index (χ2n) is 8.17. The van der Waals surface area contributed by atoms with Crippen molar-refractivity contribution in [2.45, 2.75) is 32.2 Å². The Hall–Kier alpha value is -3.27. The normalized spacial score (nSPS) is 11.6. The predicted octanol–water partition coefficient (Wildman–Crippen LogP) is 4.36. The summed E-state index contributed by atoms with van der Waals surface area (Å²) < 4.78 is 28.5. The summed E-state index contributed by atoms with van der Waals surface area (Å²) >= 11 is 1.57. The number of hydrogen-bond donors (Lipinski definition) is 2. The molecular weight excluding hydrogens is 468 g/mol. The maximum absolute atomic E-state index is 13.1. The Morgan fingerprint density at radius 1 is 1.00 bits per heavy atom. The Morgan fingerprint density at radius 2 is 1.71 bits per heavy atom. The smallest absolute Gasteiger partial charge is 0.270 e. The predicted molar refractivity (Wildman–Crippen MR) is 135 cm³/mol. The number of amides is 1. The van der Waals surface area contributed by atoms with E-state index in [1.807, 2.05) is 60.0 Å². The fourth-order valence-corrected chi connectivity index (χ4v) is 5.61. The molecule has 34 heavy (non-hydrogen) atoms. The molecule has 9 heteroatoms. The average molecular weight is 495 g/mol. The number of aromatic nitrogens is 2. The summed E-state index contributed by atoms with van der Waals surface area (Å²) in [6, 6.07) is 22.3. The molecule has 2 aromatic heterocycles. The monoisotopic (exact) mass is 494 g/mol. The maximum Gasteiger partial charge on any atom is 0.270 e. The van der Waals surface area contributed by atoms with E-state index in [9.17, 15) is 13.2 Å². The highest BCUT2D eigenvalue weighted by molar-refractivity contribution is 7.88. The van der Waals surface area contributed by atoms with E-state index < -0.39 is 10.0 Å². The molecule has 0 spiro atoms. The molecule has 2 aromatic carbocycles. The van der Waals surface area contributed by atoms with E-state index in [2.05, 4.69) is 15.1 Å². The number of carbonyl (C=O) groups is 1. The van der Waals surface area contributed by atoms with Crippen LogP contribution in [-0.2, 0) is 22.3 Å². The minimum Gasteiger partial charge on any atom is -0.347 e. The van der Waals surface area contributed by atoms with Crippen LogP contribution in [0, 0.1) is 0 Å². The van der Waals surface area contributed by atoms with Crippen LogP contribution in [0.3, 0.4) is 0 Å². The molecule has 0 bridgehead atoms. The van der Waals surface area contributed by atoms with Crippen LogP contribution in [0.15, 0.2) is 78.2 Å². The van der Waals surface area contributed by atoms with Gasteiger partial charge in [0.1, 0.15) is 11.4 Å². The lowest BCUT2D eigenvalue weighted by molar-refractivity contribution is 0.0943. The number of nitrogens with zero attached hydrogens (tertiary/aromatic N) is 2. The van der Waals surface area contributed by atoms with Gasteiger partial charge >= 0.3 is 0 Å². The van der Waals surface area contributed by atoms with Gasteiger partial charge in [0.15, 0.2) is 0 Å². The molecule has 1 amide bonds. The molecule has 0 aliphatic heterocycles. The van der Waals surface area contributed by atoms with Crippen molar-refractivity contribution < 1.29 is 13.2 Å². The molecule has 0 aliphatic rings. The second-order valence-corrected chi connectivity index (χ2v) is 10.9. The van der Waals surface area contributed by atoms with Crippen molar-refractivity contribution in [3.05, 3.63) is 95.0 Å². The van der Waals surface area contributed by atoms with Crippen LogP contribution in [0.1, 0.15) is 35.5 Å². The summed E-state index contributed by atoms with van der Waals surface area (Å²) in [5.41, 5.74) is 3.54. The number of para-hydroxylation sites is 1. The third kappa shape index (κ3) is 5.99. The van der Waals surface area contributed by atoms with Crippen LogP contribution in [0.5, 0.6) is 0 Å². The molecule has 0 saturated carbocycles. The SMILES string of the molecule is CC(C)NS(=O)(=O)Cc1ccc(CNC(=O)c2cc(-c3cccs3)nn2-c2ccccc2)cc1. The Labute approximate surface area is 203 Å². The van der Waals surface area contributed by atoms with Crippen molar-refractivity contribution in [1.82, 2.24) is 19.8 Å². The fourth-order valence-electron chi connectivity index (χ4n) is 3.50. The molecule has 176 valence electrons. The van der Waals surface area contributed by atoms with Crippen molar-refractivity contribution in [3.8, 4) is 16.3 Å². The van der Waals surface area contributed by atoms with E-state index in [0.29, 0.717) is 17.8 Å². The van der Waals surface area contributed by atoms with E-state index in [-0.39, 0.29) is 17.7 Å². The zero-order chi connectivity index (χ0) is 24.1. The molecule has 2 N–H and O–H groups in total. The first-order valence-electron chi connectivity index (χ1n) is 10.9. The van der Waals surface area contributed by atoms with Gasteiger partial charge in [0, 0.05) is 12.6 Å². The number of sulfonamides is 1. The lowest BCUT2D eigenvalue weighted by Gasteiger charge is -2.10. The largest absolute Gasteiger partial charge is 0.347 e. The average Bonchev–Trinajstić information content (AvgIpc) is 3.48. The third-order valence-corrected chi connectivity index (χ3v) is 7.40. The first kappa shape index (κ1) is 23.9. The molecule has 0 atom stereocenters. The Bertz CT molecular complexity index is 1350. The standard InChI is InChI=1S/C25H26N4O3S2/c1-18(2)28-34(31,32)17-20-12-10-19(11-13-20)16-26-25(30)23-15-22(24-9-6-14-33-24)27-29(23)21-7-4-3-5-8-21/h3-15,18,28H,16-17H2,1-2H3,(H,26,30). The van der Waals surface area contributed by atoms with Gasteiger partial charge in [-0.25, -0.2) is 17.8 Å². The molecule has 2 heterocycles. The zero-order valence-corrected chi connectivity index (χ0v) is 20.6. The minimum atomic E-state index is -3.38. The van der Waals surface area contributed by atoms with Gasteiger partial charge in [-0.3, -0.25) is 4.79 Å². The molecule has 4 aromatic rings. The van der Waals surface area contributed by atoms with Gasteiger partial charge in [0.25, 0.3) is 5.91 Å². The topological polar surface area (TPSA) is 93.1 Å². The lowest BCUT2D eigenvalue weighted by atomic mass is 10.1. The number of carbonyl (C=O) groups excluding carboxylic acids is 1. The molecule has 0 aliphatic carbocycles. The van der Waals surface area contributed by atoms with E-state index in [1.54, 1.807) is 48.1 Å². The van der Waals surface area contributed by atoms with Gasteiger partial charge in [0.05, 0.1) is 16.3 Å². The molecule has 4 rings (SSSR count). The van der Waals surface area contributed by atoms with Gasteiger partial charge in [-0.15, -0.1) is 11.3 Å². The van der Waals surface area contributed by atoms with Gasteiger partial charge < -0.3 is 5.32 Å². The van der Waals surface area contributed by atoms with Crippen LogP contribution in [0.2, 0.25) is 0 Å². The first-order chi connectivity index (χ1) is 16.3. The number of rotatable bonds is 9.